The predicted octanol–water partition coefficient (Wildman–Crippen LogP) is 3.54. The maximum Gasteiger partial charge on any atom is 0.330 e. The van der Waals surface area contributed by atoms with Crippen molar-refractivity contribution in [3.05, 3.63) is 27.9 Å². The number of nitrogens with zero attached hydrogens (tertiary/aromatic N) is 4. The number of aromatic nitrogens is 2. The highest BCUT2D eigenvalue weighted by atomic mass is 35.5. The molecule has 0 aliphatic carbocycles. The van der Waals surface area contributed by atoms with Crippen molar-refractivity contribution in [2.45, 2.75) is 25.4 Å². The van der Waals surface area contributed by atoms with Crippen molar-refractivity contribution in [2.24, 2.45) is 0 Å². The van der Waals surface area contributed by atoms with Crippen LogP contribution in [-0.4, -0.2) is 56.4 Å². The summed E-state index contributed by atoms with van der Waals surface area (Å²) >= 11 is 13.2. The summed E-state index contributed by atoms with van der Waals surface area (Å²) in [6.45, 7) is 1.86. The van der Waals surface area contributed by atoms with Gasteiger partial charge in [-0.2, -0.15) is 4.98 Å². The summed E-state index contributed by atoms with van der Waals surface area (Å²) in [5, 5.41) is 6.76. The highest BCUT2D eigenvalue weighted by Crippen LogP contribution is 2.48. The smallest absolute Gasteiger partial charge is 0.330 e. The molecule has 1 aromatic carbocycles. The summed E-state index contributed by atoms with van der Waals surface area (Å²) in [7, 11) is 4.75. The number of anilines is 3. The Labute approximate surface area is 190 Å². The third kappa shape index (κ3) is 3.81. The summed E-state index contributed by atoms with van der Waals surface area (Å²) in [5.41, 5.74) is 1.14. The van der Waals surface area contributed by atoms with Crippen LogP contribution < -0.4 is 29.9 Å². The minimum absolute atomic E-state index is 0.0139. The fourth-order valence-electron chi connectivity index (χ4n) is 3.98. The molecule has 11 heteroatoms. The number of carbonyl (C=O) groups excluding carboxylic acids is 1. The molecule has 0 unspecified atom stereocenters. The van der Waals surface area contributed by atoms with Gasteiger partial charge in [0.05, 0.1) is 26.5 Å². The molecule has 1 fully saturated rings. The second kappa shape index (κ2) is 8.94. The van der Waals surface area contributed by atoms with E-state index in [9.17, 15) is 4.79 Å². The number of benzene rings is 1. The number of ether oxygens (including phenoxy) is 2. The summed E-state index contributed by atoms with van der Waals surface area (Å²) in [5.74, 6) is 1.80. The second-order valence-corrected chi connectivity index (χ2v) is 8.03. The van der Waals surface area contributed by atoms with Gasteiger partial charge in [-0.1, -0.05) is 23.2 Å². The third-order valence-electron chi connectivity index (χ3n) is 5.55. The van der Waals surface area contributed by atoms with Crippen molar-refractivity contribution in [3.8, 4) is 11.5 Å². The molecule has 1 saturated heterocycles. The van der Waals surface area contributed by atoms with Gasteiger partial charge in [0, 0.05) is 30.9 Å². The Hall–Kier alpha value is -2.49. The van der Waals surface area contributed by atoms with E-state index in [1.54, 1.807) is 29.1 Å². The van der Waals surface area contributed by atoms with Crippen molar-refractivity contribution in [3.63, 3.8) is 0 Å². The topological polar surface area (TPSA) is 91.9 Å². The van der Waals surface area contributed by atoms with Gasteiger partial charge in [0.2, 0.25) is 5.95 Å². The summed E-state index contributed by atoms with van der Waals surface area (Å²) in [6, 6.07) is 1.34. The highest BCUT2D eigenvalue weighted by molar-refractivity contribution is 6.42. The fourth-order valence-corrected chi connectivity index (χ4v) is 4.68. The molecule has 0 radical (unpaired) electrons. The summed E-state index contributed by atoms with van der Waals surface area (Å²) < 4.78 is 10.8. The minimum Gasteiger partial charge on any atom is -0.495 e. The zero-order valence-electron chi connectivity index (χ0n) is 17.5. The van der Waals surface area contributed by atoms with Crippen LogP contribution in [0.5, 0.6) is 11.5 Å². The Balaban J connectivity index is 1.86. The first kappa shape index (κ1) is 21.7. The average Bonchev–Trinajstić information content (AvgIpc) is 2.80. The van der Waals surface area contributed by atoms with Crippen LogP contribution in [0.2, 0.25) is 10.0 Å². The monoisotopic (exact) mass is 466 g/mol. The molecule has 3 heterocycles. The third-order valence-corrected chi connectivity index (χ3v) is 6.28. The van der Waals surface area contributed by atoms with E-state index in [1.165, 1.54) is 14.2 Å². The van der Waals surface area contributed by atoms with E-state index in [2.05, 4.69) is 20.6 Å². The van der Waals surface area contributed by atoms with Gasteiger partial charge in [0.25, 0.3) is 0 Å². The standard InChI is InChI=1S/C20H24Cl2N6O3/c1-23-19-25-9-11-10-27(17-15(21)13(30-2)8-14(31-3)16(17)22)20(29)28(18(11)26-19)12-4-6-24-7-5-12/h8-9,12,24H,4-7,10H2,1-3H3,(H,23,25,26). The molecule has 4 rings (SSSR count). The molecule has 2 aromatic rings. The van der Waals surface area contributed by atoms with Gasteiger partial charge in [-0.3, -0.25) is 9.80 Å². The van der Waals surface area contributed by atoms with Crippen LogP contribution in [0.4, 0.5) is 22.2 Å². The molecule has 2 aliphatic heterocycles. The van der Waals surface area contributed by atoms with Gasteiger partial charge in [-0.15, -0.1) is 0 Å². The van der Waals surface area contributed by atoms with E-state index in [0.29, 0.717) is 29.0 Å². The lowest BCUT2D eigenvalue weighted by molar-refractivity contribution is 0.245. The number of carbonyl (C=O) groups is 1. The van der Waals surface area contributed by atoms with E-state index < -0.39 is 0 Å². The first-order chi connectivity index (χ1) is 15.0. The molecule has 0 spiro atoms. The fraction of sp³-hybridized carbons (Fsp3) is 0.450. The minimum atomic E-state index is -0.251. The van der Waals surface area contributed by atoms with Crippen LogP contribution in [0.15, 0.2) is 12.3 Å². The molecule has 166 valence electrons. The number of methoxy groups -OCH3 is 2. The number of piperidine rings is 1. The van der Waals surface area contributed by atoms with Crippen LogP contribution in [0, 0.1) is 0 Å². The quantitative estimate of drug-likeness (QED) is 0.695. The van der Waals surface area contributed by atoms with Gasteiger partial charge < -0.3 is 20.1 Å². The molecule has 0 atom stereocenters. The van der Waals surface area contributed by atoms with Gasteiger partial charge in [-0.25, -0.2) is 9.78 Å². The Morgan fingerprint density at radius 1 is 1.16 bits per heavy atom. The molecule has 2 amide bonds. The zero-order valence-corrected chi connectivity index (χ0v) is 19.0. The maximum absolute atomic E-state index is 13.8. The van der Waals surface area contributed by atoms with Crippen molar-refractivity contribution in [2.75, 3.05) is 49.5 Å². The number of hydrogen-bond donors (Lipinski definition) is 2. The van der Waals surface area contributed by atoms with Crippen molar-refractivity contribution >= 4 is 46.7 Å². The summed E-state index contributed by atoms with van der Waals surface area (Å²) in [4.78, 5) is 26.1. The first-order valence-corrected chi connectivity index (χ1v) is 10.7. The van der Waals surface area contributed by atoms with Gasteiger partial charge >= 0.3 is 6.03 Å². The lowest BCUT2D eigenvalue weighted by atomic mass is 10.0. The van der Waals surface area contributed by atoms with Crippen LogP contribution in [0.1, 0.15) is 18.4 Å². The number of amides is 2. The van der Waals surface area contributed by atoms with E-state index in [1.807, 2.05) is 0 Å². The SMILES string of the molecule is CNc1ncc2c(n1)N(C1CCNCC1)C(=O)N(c1c(Cl)c(OC)cc(OC)c1Cl)C2. The van der Waals surface area contributed by atoms with Gasteiger partial charge in [0.15, 0.2) is 0 Å². The number of halogens is 2. The highest BCUT2D eigenvalue weighted by Gasteiger charge is 2.40. The Morgan fingerprint density at radius 2 is 1.81 bits per heavy atom. The molecule has 2 aliphatic rings. The lowest BCUT2D eigenvalue weighted by Gasteiger charge is -2.42. The van der Waals surface area contributed by atoms with E-state index in [0.717, 1.165) is 31.5 Å². The zero-order chi connectivity index (χ0) is 22.1. The number of fused-ring (bicyclic) bond motifs is 1. The molecule has 2 N–H and O–H groups in total. The van der Waals surface area contributed by atoms with Crippen molar-refractivity contribution in [1.29, 1.82) is 0 Å². The second-order valence-electron chi connectivity index (χ2n) is 7.27. The lowest BCUT2D eigenvalue weighted by Crippen LogP contribution is -2.55. The number of nitrogens with one attached hydrogen (secondary N) is 2. The van der Waals surface area contributed by atoms with Crippen LogP contribution in [0.3, 0.4) is 0 Å². The van der Waals surface area contributed by atoms with Crippen molar-refractivity contribution < 1.29 is 14.3 Å². The van der Waals surface area contributed by atoms with Crippen LogP contribution >= 0.6 is 23.2 Å². The molecular formula is C20H24Cl2N6O3. The molecule has 1 aromatic heterocycles. The van der Waals surface area contributed by atoms with E-state index in [4.69, 9.17) is 32.7 Å². The number of hydrogen-bond acceptors (Lipinski definition) is 7. The van der Waals surface area contributed by atoms with Crippen molar-refractivity contribution in [1.82, 2.24) is 15.3 Å². The average molecular weight is 467 g/mol. The van der Waals surface area contributed by atoms with Gasteiger partial charge in [-0.05, 0) is 25.9 Å². The number of rotatable bonds is 5. The Bertz CT molecular complexity index is 971. The normalized spacial score (nSPS) is 16.9. The Morgan fingerprint density at radius 3 is 2.39 bits per heavy atom. The predicted molar refractivity (Wildman–Crippen MR) is 121 cm³/mol. The molecule has 0 bridgehead atoms. The largest absolute Gasteiger partial charge is 0.495 e. The Kier molecular flexibility index (Phi) is 6.27. The van der Waals surface area contributed by atoms with Crippen LogP contribution in [-0.2, 0) is 6.54 Å². The van der Waals surface area contributed by atoms with E-state index in [-0.39, 0.29) is 28.7 Å². The molecular weight excluding hydrogens is 443 g/mol. The number of urea groups is 1. The summed E-state index contributed by atoms with van der Waals surface area (Å²) in [6.07, 6.45) is 3.34. The first-order valence-electron chi connectivity index (χ1n) is 9.95. The maximum atomic E-state index is 13.8. The van der Waals surface area contributed by atoms with Gasteiger partial charge in [0.1, 0.15) is 27.4 Å². The molecule has 31 heavy (non-hydrogen) atoms. The molecule has 0 saturated carbocycles. The molecule has 9 nitrogen and oxygen atoms in total. The van der Waals surface area contributed by atoms with E-state index >= 15 is 0 Å². The van der Waals surface area contributed by atoms with Crippen LogP contribution in [0.25, 0.3) is 0 Å².